The van der Waals surface area contributed by atoms with Crippen molar-refractivity contribution in [2.45, 2.75) is 51.0 Å². The zero-order valence-corrected chi connectivity index (χ0v) is 12.0. The van der Waals surface area contributed by atoms with Gasteiger partial charge in [-0.3, -0.25) is 4.79 Å². The summed E-state index contributed by atoms with van der Waals surface area (Å²) in [6.07, 6.45) is 7.26. The number of hydrogen-bond acceptors (Lipinski definition) is 3. The molecule has 4 heteroatoms. The molecule has 0 saturated heterocycles. The maximum Gasteiger partial charge on any atom is 0.252 e. The quantitative estimate of drug-likeness (QED) is 0.893. The van der Waals surface area contributed by atoms with Crippen molar-refractivity contribution in [2.24, 2.45) is 5.92 Å². The minimum Gasteiger partial charge on any atom is -0.393 e. The molecule has 0 bridgehead atoms. The molecule has 0 aliphatic heterocycles. The number of carbonyl (C=O) groups is 1. The Labute approximate surface area is 118 Å². The molecule has 2 N–H and O–H groups in total. The van der Waals surface area contributed by atoms with Crippen LogP contribution in [-0.2, 0) is 12.8 Å². The molecule has 2 unspecified atom stereocenters. The lowest BCUT2D eigenvalue weighted by molar-refractivity contribution is 0.0944. The van der Waals surface area contributed by atoms with Crippen LogP contribution < -0.4 is 5.32 Å². The zero-order valence-electron chi connectivity index (χ0n) is 11.2. The number of rotatable bonds is 3. The summed E-state index contributed by atoms with van der Waals surface area (Å²) in [5.74, 6) is 0.536. The first kappa shape index (κ1) is 13.1. The van der Waals surface area contributed by atoms with Gasteiger partial charge in [-0.25, -0.2) is 0 Å². The van der Waals surface area contributed by atoms with E-state index in [0.717, 1.165) is 37.7 Å². The Balaban J connectivity index is 1.59. The summed E-state index contributed by atoms with van der Waals surface area (Å²) in [6.45, 7) is 0.709. The van der Waals surface area contributed by atoms with Crippen molar-refractivity contribution in [1.82, 2.24) is 5.32 Å². The minimum atomic E-state index is -0.157. The molecular formula is C15H21NO2S. The maximum atomic E-state index is 12.2. The highest BCUT2D eigenvalue weighted by Crippen LogP contribution is 2.30. The summed E-state index contributed by atoms with van der Waals surface area (Å²) >= 11 is 1.74. The molecule has 0 radical (unpaired) electrons. The van der Waals surface area contributed by atoms with Gasteiger partial charge in [0.25, 0.3) is 5.91 Å². The van der Waals surface area contributed by atoms with Gasteiger partial charge in [-0.15, -0.1) is 11.3 Å². The van der Waals surface area contributed by atoms with E-state index in [1.54, 1.807) is 11.3 Å². The topological polar surface area (TPSA) is 49.3 Å². The predicted octanol–water partition coefficient (Wildman–Crippen LogP) is 2.52. The molecule has 1 fully saturated rings. The molecule has 1 amide bonds. The fraction of sp³-hybridized carbons (Fsp3) is 0.667. The van der Waals surface area contributed by atoms with Crippen molar-refractivity contribution < 1.29 is 9.90 Å². The second-order valence-electron chi connectivity index (χ2n) is 5.80. The van der Waals surface area contributed by atoms with Crippen molar-refractivity contribution >= 4 is 17.2 Å². The van der Waals surface area contributed by atoms with Gasteiger partial charge in [-0.2, -0.15) is 0 Å². The summed E-state index contributed by atoms with van der Waals surface area (Å²) in [6, 6.07) is 0. The number of fused-ring (bicyclic) bond motifs is 1. The van der Waals surface area contributed by atoms with Gasteiger partial charge >= 0.3 is 0 Å². The van der Waals surface area contributed by atoms with Crippen LogP contribution in [0.2, 0.25) is 0 Å². The standard InChI is InChI=1S/C15H21NO2S/c17-11-6-5-10(7-11)8-16-15(18)13-9-19-14-4-2-1-3-12(13)14/h9-11,17H,1-8H2,(H,16,18). The molecule has 0 aromatic carbocycles. The number of aliphatic hydroxyl groups is 1. The van der Waals surface area contributed by atoms with Crippen LogP contribution in [0.4, 0.5) is 0 Å². The fourth-order valence-corrected chi connectivity index (χ4v) is 4.38. The van der Waals surface area contributed by atoms with Gasteiger partial charge in [0.1, 0.15) is 0 Å². The average Bonchev–Trinajstić information content (AvgIpc) is 3.02. The number of carbonyl (C=O) groups excluding carboxylic acids is 1. The summed E-state index contributed by atoms with van der Waals surface area (Å²) in [5, 5.41) is 14.6. The van der Waals surface area contributed by atoms with E-state index in [1.165, 1.54) is 23.3 Å². The van der Waals surface area contributed by atoms with Crippen LogP contribution in [0, 0.1) is 5.92 Å². The molecular weight excluding hydrogens is 258 g/mol. The maximum absolute atomic E-state index is 12.2. The van der Waals surface area contributed by atoms with Crippen LogP contribution in [0.3, 0.4) is 0 Å². The second kappa shape index (κ2) is 5.63. The van der Waals surface area contributed by atoms with E-state index in [1.807, 2.05) is 5.38 Å². The van der Waals surface area contributed by atoms with Gasteiger partial charge in [-0.1, -0.05) is 0 Å². The number of nitrogens with one attached hydrogen (secondary N) is 1. The molecule has 1 aromatic heterocycles. The number of amides is 1. The van der Waals surface area contributed by atoms with Crippen LogP contribution in [0.15, 0.2) is 5.38 Å². The molecule has 0 spiro atoms. The van der Waals surface area contributed by atoms with Crippen LogP contribution in [0.1, 0.15) is 52.9 Å². The molecule has 1 heterocycles. The van der Waals surface area contributed by atoms with Crippen LogP contribution in [0.5, 0.6) is 0 Å². The Morgan fingerprint density at radius 3 is 3.00 bits per heavy atom. The van der Waals surface area contributed by atoms with E-state index < -0.39 is 0 Å². The first-order valence-corrected chi connectivity index (χ1v) is 8.17. The highest BCUT2D eigenvalue weighted by Gasteiger charge is 2.24. The highest BCUT2D eigenvalue weighted by atomic mass is 32.1. The molecule has 3 nitrogen and oxygen atoms in total. The summed E-state index contributed by atoms with van der Waals surface area (Å²) in [4.78, 5) is 13.7. The Morgan fingerprint density at radius 2 is 2.21 bits per heavy atom. The fourth-order valence-electron chi connectivity index (χ4n) is 3.25. The van der Waals surface area contributed by atoms with Gasteiger partial charge in [0.05, 0.1) is 11.7 Å². The van der Waals surface area contributed by atoms with Crippen LogP contribution >= 0.6 is 11.3 Å². The third-order valence-electron chi connectivity index (χ3n) is 4.37. The highest BCUT2D eigenvalue weighted by molar-refractivity contribution is 7.10. The predicted molar refractivity (Wildman–Crippen MR) is 76.6 cm³/mol. The average molecular weight is 279 g/mol. The smallest absolute Gasteiger partial charge is 0.252 e. The lowest BCUT2D eigenvalue weighted by Crippen LogP contribution is -2.29. The Hall–Kier alpha value is -0.870. The van der Waals surface area contributed by atoms with E-state index in [4.69, 9.17) is 0 Å². The van der Waals surface area contributed by atoms with Crippen molar-refractivity contribution in [2.75, 3.05) is 6.54 Å². The van der Waals surface area contributed by atoms with Crippen molar-refractivity contribution in [3.05, 3.63) is 21.4 Å². The molecule has 104 valence electrons. The van der Waals surface area contributed by atoms with Crippen molar-refractivity contribution in [1.29, 1.82) is 0 Å². The van der Waals surface area contributed by atoms with Crippen molar-refractivity contribution in [3.63, 3.8) is 0 Å². The molecule has 1 aromatic rings. The Morgan fingerprint density at radius 1 is 1.37 bits per heavy atom. The van der Waals surface area contributed by atoms with Crippen molar-refractivity contribution in [3.8, 4) is 0 Å². The molecule has 2 atom stereocenters. The molecule has 3 rings (SSSR count). The van der Waals surface area contributed by atoms with Gasteiger partial charge < -0.3 is 10.4 Å². The monoisotopic (exact) mass is 279 g/mol. The number of aliphatic hydroxyl groups excluding tert-OH is 1. The number of aryl methyl sites for hydroxylation is 1. The van der Waals surface area contributed by atoms with E-state index in [2.05, 4.69) is 5.32 Å². The first-order chi connectivity index (χ1) is 9.24. The number of thiophene rings is 1. The van der Waals surface area contributed by atoms with E-state index in [-0.39, 0.29) is 12.0 Å². The lowest BCUT2D eigenvalue weighted by atomic mass is 9.95. The van der Waals surface area contributed by atoms with E-state index >= 15 is 0 Å². The summed E-state index contributed by atoms with van der Waals surface area (Å²) in [7, 11) is 0. The third-order valence-corrected chi connectivity index (χ3v) is 5.46. The van der Waals surface area contributed by atoms with Gasteiger partial charge in [0, 0.05) is 16.8 Å². The molecule has 2 aliphatic carbocycles. The van der Waals surface area contributed by atoms with Crippen LogP contribution in [-0.4, -0.2) is 23.7 Å². The largest absolute Gasteiger partial charge is 0.393 e. The van der Waals surface area contributed by atoms with Crippen LogP contribution in [0.25, 0.3) is 0 Å². The second-order valence-corrected chi connectivity index (χ2v) is 6.77. The molecule has 1 saturated carbocycles. The van der Waals surface area contributed by atoms with Gasteiger partial charge in [-0.05, 0) is 56.4 Å². The third kappa shape index (κ3) is 2.84. The molecule has 2 aliphatic rings. The Kier molecular flexibility index (Phi) is 3.89. The van der Waals surface area contributed by atoms with Gasteiger partial charge in [0.2, 0.25) is 0 Å². The molecule has 19 heavy (non-hydrogen) atoms. The number of hydrogen-bond donors (Lipinski definition) is 2. The first-order valence-electron chi connectivity index (χ1n) is 7.29. The normalized spacial score (nSPS) is 26.2. The summed E-state index contributed by atoms with van der Waals surface area (Å²) < 4.78 is 0. The SMILES string of the molecule is O=C(NCC1CCC(O)C1)c1csc2c1CCCC2. The van der Waals surface area contributed by atoms with E-state index in [9.17, 15) is 9.90 Å². The lowest BCUT2D eigenvalue weighted by Gasteiger charge is -2.14. The minimum absolute atomic E-state index is 0.0841. The zero-order chi connectivity index (χ0) is 13.2. The Bertz CT molecular complexity index is 469. The van der Waals surface area contributed by atoms with Gasteiger partial charge in [0.15, 0.2) is 0 Å². The van der Waals surface area contributed by atoms with E-state index in [0.29, 0.717) is 12.5 Å². The summed E-state index contributed by atoms with van der Waals surface area (Å²) in [5.41, 5.74) is 2.19.